The number of rotatable bonds is 5. The maximum Gasteiger partial charge on any atom is 0.191 e. The molecule has 0 radical (unpaired) electrons. The van der Waals surface area contributed by atoms with E-state index in [1.807, 2.05) is 11.8 Å². The molecular weight excluding hydrogens is 298 g/mol. The lowest BCUT2D eigenvalue weighted by atomic mass is 9.97. The van der Waals surface area contributed by atoms with Crippen LogP contribution in [0.4, 0.5) is 0 Å². The van der Waals surface area contributed by atoms with Crippen LogP contribution >= 0.6 is 11.8 Å². The molecular formula is C15H21N5OS. The average Bonchev–Trinajstić information content (AvgIpc) is 2.98. The fourth-order valence-electron chi connectivity index (χ4n) is 2.84. The molecule has 1 aliphatic rings. The number of methoxy groups -OCH3 is 1. The van der Waals surface area contributed by atoms with E-state index < -0.39 is 0 Å². The third-order valence-corrected chi connectivity index (χ3v) is 5.28. The van der Waals surface area contributed by atoms with Gasteiger partial charge in [0.15, 0.2) is 11.0 Å². The van der Waals surface area contributed by atoms with Crippen LogP contribution in [0.25, 0.3) is 11.5 Å². The molecule has 3 rings (SSSR count). The van der Waals surface area contributed by atoms with Gasteiger partial charge in [0.05, 0.1) is 12.3 Å². The molecule has 2 aromatic rings. The van der Waals surface area contributed by atoms with Crippen molar-refractivity contribution in [1.29, 1.82) is 0 Å². The largest absolute Gasteiger partial charge is 0.381 e. The molecule has 2 unspecified atom stereocenters. The SMILES string of the molecule is CCn1c(SC2CCCC(OC)C2)nnc1-c1cnccn1. The van der Waals surface area contributed by atoms with E-state index in [2.05, 4.69) is 31.7 Å². The van der Waals surface area contributed by atoms with Crippen molar-refractivity contribution in [1.82, 2.24) is 24.7 Å². The highest BCUT2D eigenvalue weighted by molar-refractivity contribution is 7.99. The van der Waals surface area contributed by atoms with Crippen molar-refractivity contribution in [3.8, 4) is 11.5 Å². The zero-order chi connectivity index (χ0) is 15.4. The predicted molar refractivity (Wildman–Crippen MR) is 85.6 cm³/mol. The lowest BCUT2D eigenvalue weighted by molar-refractivity contribution is 0.0730. The van der Waals surface area contributed by atoms with Gasteiger partial charge in [0.1, 0.15) is 5.69 Å². The first-order valence-corrected chi connectivity index (χ1v) is 8.58. The van der Waals surface area contributed by atoms with E-state index in [4.69, 9.17) is 4.74 Å². The molecule has 0 amide bonds. The van der Waals surface area contributed by atoms with E-state index in [9.17, 15) is 0 Å². The molecule has 0 aromatic carbocycles. The highest BCUT2D eigenvalue weighted by Crippen LogP contribution is 2.34. The lowest BCUT2D eigenvalue weighted by Gasteiger charge is -2.27. The van der Waals surface area contributed by atoms with Crippen LogP contribution in [0.5, 0.6) is 0 Å². The minimum absolute atomic E-state index is 0.378. The van der Waals surface area contributed by atoms with Gasteiger partial charge in [-0.1, -0.05) is 11.8 Å². The summed E-state index contributed by atoms with van der Waals surface area (Å²) in [7, 11) is 1.80. The van der Waals surface area contributed by atoms with Crippen molar-refractivity contribution >= 4 is 11.8 Å². The fraction of sp³-hybridized carbons (Fsp3) is 0.600. The van der Waals surface area contributed by atoms with E-state index in [-0.39, 0.29) is 0 Å². The third kappa shape index (κ3) is 3.30. The molecule has 2 atom stereocenters. The lowest BCUT2D eigenvalue weighted by Crippen LogP contribution is -2.23. The summed E-state index contributed by atoms with van der Waals surface area (Å²) >= 11 is 1.81. The summed E-state index contributed by atoms with van der Waals surface area (Å²) in [6.07, 6.45) is 10.1. The zero-order valence-electron chi connectivity index (χ0n) is 13.0. The molecule has 1 saturated carbocycles. The number of nitrogens with zero attached hydrogens (tertiary/aromatic N) is 5. The van der Waals surface area contributed by atoms with Crippen LogP contribution in [0, 0.1) is 0 Å². The van der Waals surface area contributed by atoms with Crippen LogP contribution in [0.1, 0.15) is 32.6 Å². The molecule has 0 saturated heterocycles. The minimum atomic E-state index is 0.378. The van der Waals surface area contributed by atoms with Crippen molar-refractivity contribution in [3.63, 3.8) is 0 Å². The van der Waals surface area contributed by atoms with Crippen molar-refractivity contribution < 1.29 is 4.74 Å². The molecule has 2 heterocycles. The molecule has 118 valence electrons. The van der Waals surface area contributed by atoms with Crippen molar-refractivity contribution in [2.24, 2.45) is 0 Å². The number of aromatic nitrogens is 5. The van der Waals surface area contributed by atoms with Crippen molar-refractivity contribution in [2.45, 2.75) is 55.7 Å². The van der Waals surface area contributed by atoms with Crippen LogP contribution in [0.2, 0.25) is 0 Å². The van der Waals surface area contributed by atoms with Gasteiger partial charge in [0.25, 0.3) is 0 Å². The van der Waals surface area contributed by atoms with Gasteiger partial charge in [-0.05, 0) is 32.6 Å². The molecule has 6 nitrogen and oxygen atoms in total. The van der Waals surface area contributed by atoms with Gasteiger partial charge in [-0.3, -0.25) is 4.98 Å². The fourth-order valence-corrected chi connectivity index (χ4v) is 4.16. The molecule has 0 spiro atoms. The molecule has 1 aliphatic carbocycles. The first kappa shape index (κ1) is 15.4. The van der Waals surface area contributed by atoms with Gasteiger partial charge in [0.2, 0.25) is 0 Å². The summed E-state index contributed by atoms with van der Waals surface area (Å²) in [5, 5.41) is 10.2. The van der Waals surface area contributed by atoms with Crippen LogP contribution in [-0.2, 0) is 11.3 Å². The van der Waals surface area contributed by atoms with Crippen molar-refractivity contribution in [2.75, 3.05) is 7.11 Å². The second-order valence-corrected chi connectivity index (χ2v) is 6.67. The average molecular weight is 319 g/mol. The Morgan fingerprint density at radius 2 is 2.23 bits per heavy atom. The van der Waals surface area contributed by atoms with Gasteiger partial charge in [-0.25, -0.2) is 4.98 Å². The Morgan fingerprint density at radius 3 is 2.95 bits per heavy atom. The first-order chi connectivity index (χ1) is 10.8. The van der Waals surface area contributed by atoms with Gasteiger partial charge in [-0.2, -0.15) is 0 Å². The maximum atomic E-state index is 5.52. The van der Waals surface area contributed by atoms with Crippen LogP contribution < -0.4 is 0 Å². The van der Waals surface area contributed by atoms with Crippen LogP contribution in [0.3, 0.4) is 0 Å². The zero-order valence-corrected chi connectivity index (χ0v) is 13.8. The Bertz CT molecular complexity index is 603. The predicted octanol–water partition coefficient (Wildman–Crippen LogP) is 2.80. The Balaban J connectivity index is 1.78. The molecule has 7 heteroatoms. The minimum Gasteiger partial charge on any atom is -0.381 e. The smallest absolute Gasteiger partial charge is 0.191 e. The summed E-state index contributed by atoms with van der Waals surface area (Å²) in [6, 6.07) is 0. The second-order valence-electron chi connectivity index (χ2n) is 5.41. The van der Waals surface area contributed by atoms with E-state index in [0.717, 1.165) is 29.6 Å². The molecule has 0 aliphatic heterocycles. The third-order valence-electron chi connectivity index (χ3n) is 4.01. The monoisotopic (exact) mass is 319 g/mol. The Kier molecular flexibility index (Phi) is 5.04. The molecule has 2 aromatic heterocycles. The van der Waals surface area contributed by atoms with Gasteiger partial charge in [-0.15, -0.1) is 10.2 Å². The summed E-state index contributed by atoms with van der Waals surface area (Å²) in [5.41, 5.74) is 0.766. The number of hydrogen-bond donors (Lipinski definition) is 0. The van der Waals surface area contributed by atoms with Crippen LogP contribution in [-0.4, -0.2) is 43.2 Å². The number of thioether (sulfide) groups is 1. The molecule has 0 N–H and O–H groups in total. The summed E-state index contributed by atoms with van der Waals surface area (Å²) in [5.74, 6) is 0.789. The number of hydrogen-bond acceptors (Lipinski definition) is 6. The standard InChI is InChI=1S/C15H21N5OS/c1-3-20-14(13-10-16-7-8-17-13)18-19-15(20)22-12-6-4-5-11(9-12)21-2/h7-8,10-12H,3-6,9H2,1-2H3. The first-order valence-electron chi connectivity index (χ1n) is 7.70. The van der Waals surface area contributed by atoms with Crippen molar-refractivity contribution in [3.05, 3.63) is 18.6 Å². The van der Waals surface area contributed by atoms with E-state index in [1.54, 1.807) is 25.7 Å². The summed E-state index contributed by atoms with van der Waals surface area (Å²) < 4.78 is 7.63. The van der Waals surface area contributed by atoms with Crippen LogP contribution in [0.15, 0.2) is 23.7 Å². The van der Waals surface area contributed by atoms with Gasteiger partial charge >= 0.3 is 0 Å². The maximum absolute atomic E-state index is 5.52. The normalized spacial score (nSPS) is 21.9. The Hall–Kier alpha value is -1.47. The molecule has 0 bridgehead atoms. The highest BCUT2D eigenvalue weighted by Gasteiger charge is 2.25. The molecule has 1 fully saturated rings. The Labute approximate surface area is 134 Å². The van der Waals surface area contributed by atoms with E-state index in [0.29, 0.717) is 11.4 Å². The van der Waals surface area contributed by atoms with Gasteiger partial charge in [0, 0.05) is 31.3 Å². The van der Waals surface area contributed by atoms with E-state index >= 15 is 0 Å². The van der Waals surface area contributed by atoms with E-state index in [1.165, 1.54) is 19.3 Å². The van der Waals surface area contributed by atoms with Gasteiger partial charge < -0.3 is 9.30 Å². The Morgan fingerprint density at radius 1 is 1.32 bits per heavy atom. The topological polar surface area (TPSA) is 65.7 Å². The quantitative estimate of drug-likeness (QED) is 0.844. The second kappa shape index (κ2) is 7.19. The molecule has 22 heavy (non-hydrogen) atoms. The summed E-state index contributed by atoms with van der Waals surface area (Å²) in [6.45, 7) is 2.92. The highest BCUT2D eigenvalue weighted by atomic mass is 32.2. The number of ether oxygens (including phenoxy) is 1. The summed E-state index contributed by atoms with van der Waals surface area (Å²) in [4.78, 5) is 8.44.